The van der Waals surface area contributed by atoms with E-state index in [1.54, 1.807) is 10.4 Å². The Kier molecular flexibility index (Phi) is 7.57. The number of rotatable bonds is 5. The predicted molar refractivity (Wildman–Crippen MR) is 196 cm³/mol. The minimum absolute atomic E-state index is 0.157. The maximum Gasteiger partial charge on any atom is 0.106 e. The molecule has 4 aromatic carbocycles. The second-order valence-corrected chi connectivity index (χ2v) is 20.4. The summed E-state index contributed by atoms with van der Waals surface area (Å²) < 4.78 is 0. The zero-order chi connectivity index (χ0) is 31.6. The monoisotopic (exact) mass is 594 g/mol. The average molecular weight is 595 g/mol. The fourth-order valence-electron chi connectivity index (χ4n) is 7.44. The first-order chi connectivity index (χ1) is 20.7. The molecule has 1 heteroatoms. The van der Waals surface area contributed by atoms with Gasteiger partial charge in [0.1, 0.15) is 8.07 Å². The molecule has 0 fully saturated rings. The first kappa shape index (κ1) is 30.6. The van der Waals surface area contributed by atoms with E-state index in [1.165, 1.54) is 72.8 Å². The van der Waals surface area contributed by atoms with Crippen LogP contribution in [0.2, 0.25) is 12.6 Å². The third-order valence-electron chi connectivity index (χ3n) is 10.7. The van der Waals surface area contributed by atoms with Gasteiger partial charge < -0.3 is 0 Å². The van der Waals surface area contributed by atoms with Gasteiger partial charge in [-0.2, -0.15) is 0 Å². The van der Waals surface area contributed by atoms with Crippen LogP contribution in [0, 0.1) is 13.8 Å². The molecule has 0 heterocycles. The van der Waals surface area contributed by atoms with Crippen LogP contribution in [0.15, 0.2) is 83.2 Å². The maximum atomic E-state index is 2.63. The number of hydrogen-bond acceptors (Lipinski definition) is 0. The van der Waals surface area contributed by atoms with E-state index >= 15 is 0 Å². The van der Waals surface area contributed by atoms with Crippen molar-refractivity contribution >= 4 is 20.2 Å². The molecule has 2 aliphatic carbocycles. The summed E-state index contributed by atoms with van der Waals surface area (Å²) in [6.07, 6.45) is 7.40. The molecular weight excluding hydrogens is 545 g/mol. The van der Waals surface area contributed by atoms with E-state index in [-0.39, 0.29) is 10.8 Å². The Morgan fingerprint density at radius 3 is 1.32 bits per heavy atom. The van der Waals surface area contributed by atoms with Crippen LogP contribution in [0.25, 0.3) is 34.4 Å². The Morgan fingerprint density at radius 2 is 0.977 bits per heavy atom. The first-order valence-corrected chi connectivity index (χ1v) is 19.3. The summed E-state index contributed by atoms with van der Waals surface area (Å²) in [7, 11) is -1.87. The highest BCUT2D eigenvalue weighted by Gasteiger charge is 2.39. The maximum absolute atomic E-state index is 2.63. The Labute approximate surface area is 268 Å². The van der Waals surface area contributed by atoms with E-state index in [2.05, 4.69) is 154 Å². The van der Waals surface area contributed by atoms with E-state index in [0.29, 0.717) is 0 Å². The summed E-state index contributed by atoms with van der Waals surface area (Å²) in [5.41, 5.74) is 17.3. The van der Waals surface area contributed by atoms with Gasteiger partial charge in [0.25, 0.3) is 0 Å². The molecule has 4 aromatic rings. The van der Waals surface area contributed by atoms with E-state index in [4.69, 9.17) is 0 Å². The summed E-state index contributed by atoms with van der Waals surface area (Å²) in [5, 5.41) is 3.38. The molecule has 2 aliphatic rings. The van der Waals surface area contributed by atoms with Gasteiger partial charge >= 0.3 is 0 Å². The number of fused-ring (bicyclic) bond motifs is 2. The highest BCUT2D eigenvalue weighted by molar-refractivity contribution is 6.93. The van der Waals surface area contributed by atoms with Gasteiger partial charge in [-0.05, 0) is 104 Å². The first-order valence-electron chi connectivity index (χ1n) is 16.6. The Bertz CT molecular complexity index is 1700. The molecule has 0 radical (unpaired) electrons. The third kappa shape index (κ3) is 5.28. The second kappa shape index (κ2) is 10.9. The number of allylic oxidation sites excluding steroid dienone is 2. The van der Waals surface area contributed by atoms with Crippen molar-refractivity contribution in [3.05, 3.63) is 128 Å². The van der Waals surface area contributed by atoms with Crippen LogP contribution in [0.4, 0.5) is 0 Å². The van der Waals surface area contributed by atoms with E-state index in [1.807, 2.05) is 0 Å². The largest absolute Gasteiger partial charge is 0.106 e. The van der Waals surface area contributed by atoms with Gasteiger partial charge in [-0.1, -0.05) is 156 Å². The SMILES string of the molecule is CC[Si](C)(C1=Cc2c(cccc2-c2ccc(C(C)(C)C)cc2C)C1)C1=Cc2c(cccc2-c2ccc(C(C)(C)C)cc2C)C1. The molecule has 44 heavy (non-hydrogen) atoms. The lowest BCUT2D eigenvalue weighted by atomic mass is 9.84. The predicted octanol–water partition coefficient (Wildman–Crippen LogP) is 12.0. The Morgan fingerprint density at radius 1 is 0.568 bits per heavy atom. The number of hydrogen-bond donors (Lipinski definition) is 0. The molecule has 0 saturated carbocycles. The zero-order valence-corrected chi connectivity index (χ0v) is 29.7. The smallest absolute Gasteiger partial charge is 0.0712 e. The van der Waals surface area contributed by atoms with Crippen molar-refractivity contribution < 1.29 is 0 Å². The molecule has 0 unspecified atom stereocenters. The van der Waals surface area contributed by atoms with Crippen LogP contribution >= 0.6 is 0 Å². The summed E-state index contributed by atoms with van der Waals surface area (Å²) >= 11 is 0. The Balaban J connectivity index is 1.38. The summed E-state index contributed by atoms with van der Waals surface area (Å²) in [4.78, 5) is 0. The molecule has 0 aromatic heterocycles. The lowest BCUT2D eigenvalue weighted by Gasteiger charge is -2.30. The molecule has 0 amide bonds. The molecule has 6 rings (SSSR count). The summed E-state index contributed by atoms with van der Waals surface area (Å²) in [5.74, 6) is 0. The lowest BCUT2D eigenvalue weighted by Crippen LogP contribution is -2.35. The van der Waals surface area contributed by atoms with Crippen LogP contribution in [-0.4, -0.2) is 8.07 Å². The van der Waals surface area contributed by atoms with Crippen molar-refractivity contribution in [2.75, 3.05) is 0 Å². The number of aryl methyl sites for hydroxylation is 2. The van der Waals surface area contributed by atoms with Crippen molar-refractivity contribution in [2.45, 2.75) is 98.6 Å². The zero-order valence-electron chi connectivity index (χ0n) is 28.7. The minimum atomic E-state index is -1.87. The summed E-state index contributed by atoms with van der Waals surface area (Å²) in [6, 6.07) is 29.4. The van der Waals surface area contributed by atoms with E-state index in [0.717, 1.165) is 12.8 Å². The molecular formula is C43H50Si. The summed E-state index contributed by atoms with van der Waals surface area (Å²) in [6.45, 7) is 23.4. The molecule has 0 nitrogen and oxygen atoms in total. The van der Waals surface area contributed by atoms with Crippen molar-refractivity contribution in [1.29, 1.82) is 0 Å². The Hall–Kier alpha value is -3.42. The van der Waals surface area contributed by atoms with Crippen molar-refractivity contribution in [3.63, 3.8) is 0 Å². The van der Waals surface area contributed by atoms with E-state index in [9.17, 15) is 0 Å². The van der Waals surface area contributed by atoms with Gasteiger partial charge in [0.05, 0.1) is 0 Å². The van der Waals surface area contributed by atoms with Crippen LogP contribution < -0.4 is 0 Å². The molecule has 0 atom stereocenters. The number of benzene rings is 4. The third-order valence-corrected chi connectivity index (χ3v) is 15.6. The minimum Gasteiger partial charge on any atom is -0.0712 e. The van der Waals surface area contributed by atoms with Crippen LogP contribution in [0.1, 0.15) is 93.0 Å². The second-order valence-electron chi connectivity index (χ2n) is 15.7. The normalized spacial score (nSPS) is 14.8. The van der Waals surface area contributed by atoms with Gasteiger partial charge in [-0.25, -0.2) is 0 Å². The quantitative estimate of drug-likeness (QED) is 0.202. The topological polar surface area (TPSA) is 0 Å². The van der Waals surface area contributed by atoms with Gasteiger partial charge in [0.2, 0.25) is 0 Å². The fraction of sp³-hybridized carbons (Fsp3) is 0.349. The molecule has 0 spiro atoms. The van der Waals surface area contributed by atoms with Gasteiger partial charge in [-0.3, -0.25) is 0 Å². The highest BCUT2D eigenvalue weighted by atomic mass is 28.3. The molecule has 226 valence electrons. The highest BCUT2D eigenvalue weighted by Crippen LogP contribution is 2.46. The lowest BCUT2D eigenvalue weighted by molar-refractivity contribution is 0.589. The fourth-order valence-corrected chi connectivity index (χ4v) is 10.8. The molecule has 0 bridgehead atoms. The van der Waals surface area contributed by atoms with E-state index < -0.39 is 8.07 Å². The van der Waals surface area contributed by atoms with Crippen LogP contribution in [-0.2, 0) is 23.7 Å². The van der Waals surface area contributed by atoms with Gasteiger partial charge in [-0.15, -0.1) is 0 Å². The van der Waals surface area contributed by atoms with Crippen molar-refractivity contribution in [3.8, 4) is 22.3 Å². The molecule has 0 saturated heterocycles. The molecule has 0 aliphatic heterocycles. The van der Waals surface area contributed by atoms with Crippen molar-refractivity contribution in [2.24, 2.45) is 0 Å². The van der Waals surface area contributed by atoms with Crippen molar-refractivity contribution in [1.82, 2.24) is 0 Å². The van der Waals surface area contributed by atoms with Crippen LogP contribution in [0.3, 0.4) is 0 Å². The van der Waals surface area contributed by atoms with Gasteiger partial charge in [0.15, 0.2) is 0 Å². The molecule has 0 N–H and O–H groups in total. The van der Waals surface area contributed by atoms with Gasteiger partial charge in [0, 0.05) is 0 Å². The average Bonchev–Trinajstić information content (AvgIpc) is 3.61. The van der Waals surface area contributed by atoms with Crippen LogP contribution in [0.5, 0.6) is 0 Å². The standard InChI is InChI=1S/C43H50Si/c1-11-44(10,34-24-30-14-12-16-38(40(30)26-34)36-20-18-32(22-28(36)2)42(4,5)6)35-25-31-15-13-17-39(41(31)27-35)37-21-19-33(23-29(37)3)43(7,8)9/h12-23,26-27H,11,24-25H2,1-10H3.